The Balaban J connectivity index is 0.000000183. The normalized spacial score (nSPS) is 13.7. The van der Waals surface area contributed by atoms with Gasteiger partial charge in [-0.2, -0.15) is 0 Å². The third-order valence-electron chi connectivity index (χ3n) is 17.8. The van der Waals surface area contributed by atoms with Gasteiger partial charge in [0.2, 0.25) is 34.2 Å². The molecule has 0 aliphatic carbocycles. The highest BCUT2D eigenvalue weighted by Crippen LogP contribution is 2.30. The summed E-state index contributed by atoms with van der Waals surface area (Å²) in [5, 5.41) is 0. The van der Waals surface area contributed by atoms with Crippen molar-refractivity contribution in [1.82, 2.24) is 0 Å². The lowest BCUT2D eigenvalue weighted by Gasteiger charge is -2.11. The maximum absolute atomic E-state index is 8.40. The van der Waals surface area contributed by atoms with E-state index in [9.17, 15) is 0 Å². The maximum atomic E-state index is 8.40. The Labute approximate surface area is 611 Å². The predicted molar refractivity (Wildman–Crippen MR) is 417 cm³/mol. The van der Waals surface area contributed by atoms with Gasteiger partial charge in [-0.15, -0.1) is 0 Å². The Kier molecular flexibility index (Phi) is 24.0. The number of benzene rings is 6. The van der Waals surface area contributed by atoms with Crippen LogP contribution in [0.3, 0.4) is 0 Å². The van der Waals surface area contributed by atoms with Crippen molar-refractivity contribution >= 4 is 0 Å². The molecule has 510 valence electrons. The minimum atomic E-state index is -2.39. The van der Waals surface area contributed by atoms with Crippen molar-refractivity contribution in [2.75, 3.05) is 0 Å². The van der Waals surface area contributed by atoms with Gasteiger partial charge in [0.1, 0.15) is 42.3 Å². The molecule has 2 unspecified atom stereocenters. The van der Waals surface area contributed by atoms with Crippen LogP contribution in [-0.2, 0) is 67.9 Å². The van der Waals surface area contributed by atoms with Gasteiger partial charge in [-0.1, -0.05) is 157 Å². The molecule has 0 aliphatic heterocycles. The number of aryl methyl sites for hydroxylation is 16. The summed E-state index contributed by atoms with van der Waals surface area (Å²) in [6.07, 6.45) is 14.5. The monoisotopic (exact) mass is 1320 g/mol. The quantitative estimate of drug-likeness (QED) is 0.103. The van der Waals surface area contributed by atoms with Crippen molar-refractivity contribution in [3.63, 3.8) is 0 Å². The molecule has 0 saturated heterocycles. The Morgan fingerprint density at radius 3 is 1.23 bits per heavy atom. The Morgan fingerprint density at radius 2 is 0.778 bits per heavy atom. The van der Waals surface area contributed by atoms with Crippen LogP contribution in [0.1, 0.15) is 141 Å². The Hall–Kier alpha value is -9.78. The largest absolute Gasteiger partial charge is 0.215 e. The summed E-state index contributed by atoms with van der Waals surface area (Å²) < 4.78 is 90.4. The van der Waals surface area contributed by atoms with E-state index in [1.165, 1.54) is 93.0 Å². The topological polar surface area (TPSA) is 23.3 Å². The first-order valence-electron chi connectivity index (χ1n) is 39.6. The van der Waals surface area contributed by atoms with Gasteiger partial charge in [-0.25, -0.2) is 27.4 Å². The Morgan fingerprint density at radius 1 is 0.364 bits per heavy atom. The first kappa shape index (κ1) is 62.7. The van der Waals surface area contributed by atoms with Crippen molar-refractivity contribution in [2.45, 2.75) is 135 Å². The highest BCUT2D eigenvalue weighted by atomic mass is 14.9. The van der Waals surface area contributed by atoms with Crippen LogP contribution in [0.25, 0.3) is 67.5 Å². The fraction of sp³-hybridized carbons (Fsp3) is 0.290. The number of aromatic nitrogens is 6. The zero-order valence-corrected chi connectivity index (χ0v) is 62.3. The highest BCUT2D eigenvalue weighted by molar-refractivity contribution is 5.67. The van der Waals surface area contributed by atoms with Gasteiger partial charge in [0.05, 0.1) is 0 Å². The van der Waals surface area contributed by atoms with Crippen LogP contribution in [0.5, 0.6) is 0 Å². The van der Waals surface area contributed by atoms with Crippen molar-refractivity contribution in [1.29, 1.82) is 0 Å². The second-order valence-electron chi connectivity index (χ2n) is 25.9. The van der Waals surface area contributed by atoms with Crippen molar-refractivity contribution < 1.29 is 41.1 Å². The molecule has 12 rings (SSSR count). The van der Waals surface area contributed by atoms with Crippen LogP contribution < -0.4 is 27.4 Å². The van der Waals surface area contributed by atoms with E-state index in [-0.39, 0.29) is 6.42 Å². The summed E-state index contributed by atoms with van der Waals surface area (Å²) in [7, 11) is 12.1. The first-order valence-corrected chi connectivity index (χ1v) is 34.6. The van der Waals surface area contributed by atoms with Crippen molar-refractivity contribution in [3.05, 3.63) is 322 Å². The molecule has 6 heteroatoms. The van der Waals surface area contributed by atoms with Gasteiger partial charge in [-0.05, 0) is 198 Å². The number of rotatable bonds is 13. The van der Waals surface area contributed by atoms with Crippen LogP contribution in [0, 0.1) is 54.4 Å². The van der Waals surface area contributed by atoms with E-state index in [0.29, 0.717) is 5.56 Å². The summed E-state index contributed by atoms with van der Waals surface area (Å²) in [6.45, 7) is 19.0. The average molecular weight is 1330 g/mol. The summed E-state index contributed by atoms with van der Waals surface area (Å²) >= 11 is 0. The van der Waals surface area contributed by atoms with E-state index in [2.05, 4.69) is 230 Å². The highest BCUT2D eigenvalue weighted by Gasteiger charge is 2.21. The van der Waals surface area contributed by atoms with E-state index in [0.717, 1.165) is 68.9 Å². The molecule has 2 atom stereocenters. The van der Waals surface area contributed by atoms with Crippen LogP contribution in [0.2, 0.25) is 0 Å². The smallest absolute Gasteiger partial charge is 0.201 e. The fourth-order valence-corrected chi connectivity index (χ4v) is 12.5. The van der Waals surface area contributed by atoms with E-state index < -0.39 is 31.9 Å². The molecule has 6 aromatic carbocycles. The standard InChI is InChI=1S/C17H22N.2C16H20N.2C15H18N.C14H16N/c1-13(2)11-15-9-10-17(18(4)12-15)16-8-6-5-7-14(16)3;1-12(2)14-10-7-11-17(4)16(14)15-9-6-5-8-13(15)3;1-4-7-14-10-11-16(17(3)12-14)15-9-6-5-8-13(15)2;1-4-13-9-7-11-16(3)15(13)14-10-6-5-8-12(14)2;1-4-13-8-9-14(12(2)11-13)15-7-5-6-10-16(15)3;1-11-7-8-13(12(2)10-11)14-6-4-5-9-15(14)3/h5-10,12-13H,11H2,1-4H3;5-12H,1-4H3;5-6,8-12H,4,7H2,1-3H3;2*5-11H,4H2,1-3H3;4-10H,1-3H3/q6*+1/i1D3,13D;1D3,12D;;4D2;;. The van der Waals surface area contributed by atoms with Crippen molar-refractivity contribution in [2.24, 2.45) is 48.2 Å². The predicted octanol–water partition coefficient (Wildman–Crippen LogP) is 19.6. The molecule has 0 N–H and O–H groups in total. The minimum absolute atomic E-state index is 0.200. The molecule has 0 aliphatic rings. The zero-order valence-electron chi connectivity index (χ0n) is 72.3. The van der Waals surface area contributed by atoms with Gasteiger partial charge in [0.25, 0.3) is 0 Å². The summed E-state index contributed by atoms with van der Waals surface area (Å²) in [5.74, 6) is -3.15. The molecule has 6 aromatic heterocycles. The van der Waals surface area contributed by atoms with Gasteiger partial charge >= 0.3 is 0 Å². The second kappa shape index (κ2) is 37.8. The molecular formula is C93H114N6+6. The molecule has 0 radical (unpaired) electrons. The van der Waals surface area contributed by atoms with E-state index in [1.807, 2.05) is 145 Å². The fourth-order valence-electron chi connectivity index (χ4n) is 12.5. The van der Waals surface area contributed by atoms with E-state index >= 15 is 0 Å². The van der Waals surface area contributed by atoms with Gasteiger partial charge in [0.15, 0.2) is 37.2 Å². The lowest BCUT2D eigenvalue weighted by molar-refractivity contribution is -0.661. The molecule has 12 aromatic rings. The van der Waals surface area contributed by atoms with Crippen molar-refractivity contribution in [3.8, 4) is 67.5 Å². The lowest BCUT2D eigenvalue weighted by Crippen LogP contribution is -2.32. The number of hydrogen-bond donors (Lipinski definition) is 0. The number of nitrogens with zero attached hydrogens (tertiary/aromatic N) is 6. The summed E-state index contributed by atoms with van der Waals surface area (Å²) in [5.41, 5.74) is 27.4. The molecule has 6 nitrogen and oxygen atoms in total. The van der Waals surface area contributed by atoms with Crippen LogP contribution in [0.15, 0.2) is 256 Å². The lowest BCUT2D eigenvalue weighted by atomic mass is 9.94. The van der Waals surface area contributed by atoms with Gasteiger partial charge < -0.3 is 0 Å². The Bertz CT molecular complexity index is 5030. The van der Waals surface area contributed by atoms with Crippen LogP contribution >= 0.6 is 0 Å². The molecule has 0 saturated carbocycles. The van der Waals surface area contributed by atoms with Gasteiger partial charge in [-0.3, -0.25) is 0 Å². The zero-order chi connectivity index (χ0) is 80.3. The maximum Gasteiger partial charge on any atom is 0.215 e. The van der Waals surface area contributed by atoms with E-state index in [4.69, 9.17) is 13.7 Å². The number of hydrogen-bond acceptors (Lipinski definition) is 0. The van der Waals surface area contributed by atoms with Crippen LogP contribution in [0.4, 0.5) is 0 Å². The molecule has 6 heterocycles. The van der Waals surface area contributed by atoms with Gasteiger partial charge in [0, 0.05) is 118 Å². The molecule has 0 fully saturated rings. The molecule has 0 bridgehead atoms. The molecule has 99 heavy (non-hydrogen) atoms. The SMILES string of the molecule is CCCc1ccc(-c2ccccc2C)[n+](C)c1.CCc1ccc(-c2cccc[n+]2C)c(C)c1.Cc1ccc(-c2cccc[n+]2C)c(C)c1.[2H]C([2H])(C)c1ccc[n+](C)c1-c1ccccc1C.[2H]C([2H])([2H])C([2H])(C)Cc1ccc(-c2ccccc2C)[n+](C)c1.[2H]C([2H])([2H])C([2H])(C)c1ccc[n+](C)c1-c1ccccc1C. The summed E-state index contributed by atoms with van der Waals surface area (Å²) in [4.78, 5) is 0. The molecule has 0 amide bonds. The summed E-state index contributed by atoms with van der Waals surface area (Å²) in [6, 6.07) is 74.1. The second-order valence-corrected chi connectivity index (χ2v) is 25.9. The van der Waals surface area contributed by atoms with E-state index in [1.54, 1.807) is 19.1 Å². The number of pyridine rings is 6. The van der Waals surface area contributed by atoms with Crippen LogP contribution in [-0.4, -0.2) is 0 Å². The average Bonchev–Trinajstić information content (AvgIpc) is 0.768. The minimum Gasteiger partial charge on any atom is -0.201 e. The first-order chi connectivity index (χ1) is 51.3. The third kappa shape index (κ3) is 21.4. The third-order valence-corrected chi connectivity index (χ3v) is 17.8. The molecular weight excluding hydrogens is 1200 g/mol. The molecule has 0 spiro atoms.